The van der Waals surface area contributed by atoms with E-state index in [2.05, 4.69) is 11.7 Å². The third-order valence-corrected chi connectivity index (χ3v) is 1.98. The summed E-state index contributed by atoms with van der Waals surface area (Å²) in [6.07, 6.45) is 0. The Bertz CT molecular complexity index is 93.0. The lowest BCUT2D eigenvalue weighted by molar-refractivity contribution is 0.229. The zero-order valence-electron chi connectivity index (χ0n) is 5.63. The summed E-state index contributed by atoms with van der Waals surface area (Å²) in [6, 6.07) is 0. The van der Waals surface area contributed by atoms with Crippen LogP contribution >= 0.6 is 22.5 Å². The van der Waals surface area contributed by atoms with E-state index < -0.39 is 0 Å². The summed E-state index contributed by atoms with van der Waals surface area (Å²) >= 11 is 3.79. The van der Waals surface area contributed by atoms with Crippen LogP contribution < -0.4 is 0 Å². The van der Waals surface area contributed by atoms with Gasteiger partial charge in [0, 0.05) is 23.9 Å². The monoisotopic (exact) mass is 165 g/mol. The zero-order valence-corrected chi connectivity index (χ0v) is 7.34. The van der Waals surface area contributed by atoms with E-state index >= 15 is 0 Å². The maximum absolute atomic E-state index is 10.8. The Labute approximate surface area is 64.8 Å². The Hall–Kier alpha value is 0.170. The molecular weight excluding hydrogens is 154 g/mol. The Morgan fingerprint density at radius 1 is 1.56 bits per heavy atom. The van der Waals surface area contributed by atoms with Crippen LogP contribution in [0, 0.1) is 0 Å². The standard InChI is InChI=1S/C5H11NOS2/c1-3-6(4-2)5(7)9-8/h8H,3-4H2,1-2H3. The van der Waals surface area contributed by atoms with Gasteiger partial charge >= 0.3 is 0 Å². The molecule has 0 radical (unpaired) electrons. The molecular formula is C5H11NOS2. The first-order valence-electron chi connectivity index (χ1n) is 2.86. The third-order valence-electron chi connectivity index (χ3n) is 1.10. The van der Waals surface area contributed by atoms with Crippen molar-refractivity contribution in [3.8, 4) is 0 Å². The molecule has 9 heavy (non-hydrogen) atoms. The molecule has 0 bridgehead atoms. The molecule has 0 unspecified atom stereocenters. The first-order valence-corrected chi connectivity index (χ1v) is 4.73. The fraction of sp³-hybridized carbons (Fsp3) is 0.800. The second-order valence-electron chi connectivity index (χ2n) is 1.53. The van der Waals surface area contributed by atoms with Crippen molar-refractivity contribution >= 4 is 27.7 Å². The molecule has 0 rings (SSSR count). The second kappa shape index (κ2) is 4.99. The number of nitrogens with zero attached hydrogens (tertiary/aromatic N) is 1. The van der Waals surface area contributed by atoms with Gasteiger partial charge in [-0.15, -0.1) is 11.7 Å². The van der Waals surface area contributed by atoms with Crippen LogP contribution in [0.25, 0.3) is 0 Å². The maximum atomic E-state index is 10.8. The number of hydrogen-bond donors (Lipinski definition) is 1. The molecule has 0 aliphatic carbocycles. The quantitative estimate of drug-likeness (QED) is 0.499. The predicted octanol–water partition coefficient (Wildman–Crippen LogP) is 2.03. The highest BCUT2D eigenvalue weighted by Crippen LogP contribution is 2.11. The van der Waals surface area contributed by atoms with E-state index in [0.29, 0.717) is 0 Å². The molecule has 0 aliphatic heterocycles. The van der Waals surface area contributed by atoms with E-state index in [9.17, 15) is 4.79 Å². The van der Waals surface area contributed by atoms with Gasteiger partial charge in [0.2, 0.25) is 0 Å². The summed E-state index contributed by atoms with van der Waals surface area (Å²) in [5.74, 6) is 0. The van der Waals surface area contributed by atoms with Gasteiger partial charge in [0.1, 0.15) is 0 Å². The van der Waals surface area contributed by atoms with Crippen molar-refractivity contribution in [2.75, 3.05) is 13.1 Å². The van der Waals surface area contributed by atoms with Crippen LogP contribution in [0.2, 0.25) is 0 Å². The smallest absolute Gasteiger partial charge is 0.292 e. The molecule has 0 aliphatic rings. The molecule has 0 aromatic rings. The van der Waals surface area contributed by atoms with Crippen LogP contribution in [-0.2, 0) is 0 Å². The molecule has 54 valence electrons. The van der Waals surface area contributed by atoms with Gasteiger partial charge in [0.25, 0.3) is 5.24 Å². The summed E-state index contributed by atoms with van der Waals surface area (Å²) < 4.78 is 0. The van der Waals surface area contributed by atoms with Gasteiger partial charge in [0.15, 0.2) is 0 Å². The number of carbonyl (C=O) groups excluding carboxylic acids is 1. The SMILES string of the molecule is CCN(CC)C(=O)SS. The molecule has 0 atom stereocenters. The van der Waals surface area contributed by atoms with Crippen molar-refractivity contribution in [2.45, 2.75) is 13.8 Å². The van der Waals surface area contributed by atoms with E-state index in [1.165, 1.54) is 0 Å². The van der Waals surface area contributed by atoms with Crippen LogP contribution in [0.4, 0.5) is 4.79 Å². The van der Waals surface area contributed by atoms with Crippen molar-refractivity contribution in [2.24, 2.45) is 0 Å². The maximum Gasteiger partial charge on any atom is 0.292 e. The average Bonchev–Trinajstić information content (AvgIpc) is 1.90. The molecule has 0 N–H and O–H groups in total. The molecule has 0 spiro atoms. The Morgan fingerprint density at radius 3 is 2.11 bits per heavy atom. The Kier molecular flexibility index (Phi) is 5.09. The van der Waals surface area contributed by atoms with Crippen LogP contribution in [-0.4, -0.2) is 23.2 Å². The lowest BCUT2D eigenvalue weighted by atomic mass is 10.6. The number of carbonyl (C=O) groups is 1. The number of thiol groups is 1. The summed E-state index contributed by atoms with van der Waals surface area (Å²) in [4.78, 5) is 12.5. The van der Waals surface area contributed by atoms with Gasteiger partial charge in [0.05, 0.1) is 0 Å². The van der Waals surface area contributed by atoms with Crippen LogP contribution in [0.1, 0.15) is 13.8 Å². The van der Waals surface area contributed by atoms with Crippen LogP contribution in [0.5, 0.6) is 0 Å². The highest BCUT2D eigenvalue weighted by atomic mass is 33.1. The van der Waals surface area contributed by atoms with Gasteiger partial charge < -0.3 is 4.90 Å². The van der Waals surface area contributed by atoms with Crippen molar-refractivity contribution in [1.82, 2.24) is 4.90 Å². The van der Waals surface area contributed by atoms with Gasteiger partial charge in [-0.25, -0.2) is 0 Å². The van der Waals surface area contributed by atoms with Gasteiger partial charge in [-0.2, -0.15) is 0 Å². The van der Waals surface area contributed by atoms with Gasteiger partial charge in [-0.05, 0) is 13.8 Å². The summed E-state index contributed by atoms with van der Waals surface area (Å²) in [5, 5.41) is 0.0309. The highest BCUT2D eigenvalue weighted by Gasteiger charge is 2.05. The molecule has 0 aromatic heterocycles. The zero-order chi connectivity index (χ0) is 7.28. The van der Waals surface area contributed by atoms with Crippen molar-refractivity contribution in [3.05, 3.63) is 0 Å². The van der Waals surface area contributed by atoms with Crippen LogP contribution in [0.3, 0.4) is 0 Å². The Balaban J connectivity index is 3.64. The molecule has 4 heteroatoms. The average molecular weight is 165 g/mol. The molecule has 0 fully saturated rings. The van der Waals surface area contributed by atoms with Crippen molar-refractivity contribution in [1.29, 1.82) is 0 Å². The highest BCUT2D eigenvalue weighted by molar-refractivity contribution is 8.74. The molecule has 0 aromatic carbocycles. The van der Waals surface area contributed by atoms with Gasteiger partial charge in [-0.3, -0.25) is 4.79 Å². The van der Waals surface area contributed by atoms with E-state index in [1.54, 1.807) is 4.90 Å². The van der Waals surface area contributed by atoms with E-state index in [0.717, 1.165) is 23.9 Å². The Morgan fingerprint density at radius 2 is 2.00 bits per heavy atom. The largest absolute Gasteiger partial charge is 0.333 e. The normalized spacial score (nSPS) is 9.22. The van der Waals surface area contributed by atoms with E-state index in [1.807, 2.05) is 13.8 Å². The fourth-order valence-corrected chi connectivity index (χ4v) is 1.26. The second-order valence-corrected chi connectivity index (χ2v) is 2.61. The van der Waals surface area contributed by atoms with Crippen molar-refractivity contribution in [3.63, 3.8) is 0 Å². The first kappa shape index (κ1) is 9.17. The predicted molar refractivity (Wildman–Crippen MR) is 44.9 cm³/mol. The number of rotatable bonds is 2. The lowest BCUT2D eigenvalue weighted by Crippen LogP contribution is -2.25. The minimum absolute atomic E-state index is 0.0309. The number of amides is 1. The molecule has 0 saturated heterocycles. The molecule has 1 amide bonds. The molecule has 0 saturated carbocycles. The first-order chi connectivity index (χ1) is 4.26. The lowest BCUT2D eigenvalue weighted by Gasteiger charge is -2.15. The molecule has 0 heterocycles. The third kappa shape index (κ3) is 3.01. The summed E-state index contributed by atoms with van der Waals surface area (Å²) in [6.45, 7) is 5.43. The summed E-state index contributed by atoms with van der Waals surface area (Å²) in [5.41, 5.74) is 0. The minimum atomic E-state index is 0.0309. The van der Waals surface area contributed by atoms with E-state index in [-0.39, 0.29) is 5.24 Å². The van der Waals surface area contributed by atoms with Gasteiger partial charge in [-0.1, -0.05) is 0 Å². The fourth-order valence-electron chi connectivity index (χ4n) is 0.540. The van der Waals surface area contributed by atoms with Crippen molar-refractivity contribution < 1.29 is 4.79 Å². The minimum Gasteiger partial charge on any atom is -0.333 e. The molecule has 2 nitrogen and oxygen atoms in total. The van der Waals surface area contributed by atoms with E-state index in [4.69, 9.17) is 0 Å². The number of hydrogen-bond acceptors (Lipinski definition) is 3. The topological polar surface area (TPSA) is 20.3 Å². The summed E-state index contributed by atoms with van der Waals surface area (Å²) in [7, 11) is 0.964. The van der Waals surface area contributed by atoms with Crippen LogP contribution in [0.15, 0.2) is 0 Å².